The third-order valence-corrected chi connectivity index (χ3v) is 2.08. The fraction of sp³-hybridized carbons (Fsp3) is 0.182. The molecule has 0 atom stereocenters. The minimum Gasteiger partial charge on any atom is -0.393 e. The van der Waals surface area contributed by atoms with Gasteiger partial charge >= 0.3 is 0 Å². The summed E-state index contributed by atoms with van der Waals surface area (Å²) < 4.78 is 13.5. The molecule has 0 fully saturated rings. The van der Waals surface area contributed by atoms with Crippen molar-refractivity contribution in [3.63, 3.8) is 0 Å². The van der Waals surface area contributed by atoms with E-state index in [1.807, 2.05) is 6.92 Å². The van der Waals surface area contributed by atoms with Crippen LogP contribution in [0.1, 0.15) is 11.3 Å². The fourth-order valence-electron chi connectivity index (χ4n) is 1.08. The Hall–Kier alpha value is -1.29. The summed E-state index contributed by atoms with van der Waals surface area (Å²) in [5.74, 6) is -0.377. The fourth-order valence-corrected chi connectivity index (χ4v) is 1.28. The monoisotopic (exact) mass is 224 g/mol. The van der Waals surface area contributed by atoms with Gasteiger partial charge in [0.2, 0.25) is 0 Å². The van der Waals surface area contributed by atoms with Crippen LogP contribution >= 0.6 is 12.6 Å². The normalized spacial score (nSPS) is 12.8. The van der Waals surface area contributed by atoms with Crippen LogP contribution in [0.4, 0.5) is 4.39 Å². The van der Waals surface area contributed by atoms with E-state index in [4.69, 9.17) is 0 Å². The van der Waals surface area contributed by atoms with E-state index in [0.29, 0.717) is 0 Å². The second-order valence-corrected chi connectivity index (χ2v) is 3.52. The zero-order chi connectivity index (χ0) is 11.3. The molecule has 0 aliphatic rings. The molecular formula is C11H13FN2S. The molecule has 0 aromatic carbocycles. The van der Waals surface area contributed by atoms with Crippen LogP contribution in [0.2, 0.25) is 0 Å². The van der Waals surface area contributed by atoms with E-state index < -0.39 is 0 Å². The van der Waals surface area contributed by atoms with Gasteiger partial charge in [-0.3, -0.25) is 4.98 Å². The number of rotatable bonds is 3. The molecule has 80 valence electrons. The predicted molar refractivity (Wildman–Crippen MR) is 64.2 cm³/mol. The van der Waals surface area contributed by atoms with Crippen LogP contribution in [0.5, 0.6) is 0 Å². The lowest BCUT2D eigenvalue weighted by Crippen LogP contribution is -1.93. The van der Waals surface area contributed by atoms with Crippen molar-refractivity contribution in [2.75, 3.05) is 7.05 Å². The molecule has 1 N–H and O–H groups in total. The maximum atomic E-state index is 13.5. The highest BCUT2D eigenvalue weighted by atomic mass is 32.1. The molecule has 0 unspecified atom stereocenters. The smallest absolute Gasteiger partial charge is 0.138 e. The molecule has 1 rings (SSSR count). The van der Waals surface area contributed by atoms with Crippen LogP contribution in [0, 0.1) is 6.92 Å². The Kier molecular flexibility index (Phi) is 4.37. The topological polar surface area (TPSA) is 24.9 Å². The Balaban J connectivity index is 2.92. The number of halogens is 1. The van der Waals surface area contributed by atoms with Crippen molar-refractivity contribution < 1.29 is 4.39 Å². The minimum absolute atomic E-state index is 0.270. The Labute approximate surface area is 94.3 Å². The first-order chi connectivity index (χ1) is 7.13. The minimum atomic E-state index is -0.377. The third-order valence-electron chi connectivity index (χ3n) is 1.74. The first kappa shape index (κ1) is 11.8. The number of nitrogens with one attached hydrogen (secondary N) is 1. The molecule has 0 radical (unpaired) electrons. The zero-order valence-electron chi connectivity index (χ0n) is 8.66. The highest BCUT2D eigenvalue weighted by Gasteiger charge is 1.99. The summed E-state index contributed by atoms with van der Waals surface area (Å²) in [7, 11) is 1.69. The Morgan fingerprint density at radius 2 is 2.33 bits per heavy atom. The number of thiol groups is 1. The lowest BCUT2D eigenvalue weighted by molar-refractivity contribution is 0.669. The molecule has 0 aliphatic carbocycles. The molecule has 0 amide bonds. The summed E-state index contributed by atoms with van der Waals surface area (Å²) in [5.41, 5.74) is 1.63. The number of nitrogens with zero attached hydrogens (tertiary/aromatic N) is 1. The van der Waals surface area contributed by atoms with Crippen LogP contribution < -0.4 is 5.32 Å². The van der Waals surface area contributed by atoms with Crippen molar-refractivity contribution in [3.8, 4) is 0 Å². The summed E-state index contributed by atoms with van der Waals surface area (Å²) in [6.07, 6.45) is 4.56. The maximum Gasteiger partial charge on any atom is 0.138 e. The first-order valence-electron chi connectivity index (χ1n) is 4.50. The molecule has 0 aliphatic heterocycles. The Morgan fingerprint density at radius 1 is 1.60 bits per heavy atom. The quantitative estimate of drug-likeness (QED) is 0.609. The Bertz CT molecular complexity index is 399. The summed E-state index contributed by atoms with van der Waals surface area (Å²) in [6, 6.07) is 3.55. The molecule has 15 heavy (non-hydrogen) atoms. The van der Waals surface area contributed by atoms with Gasteiger partial charge in [-0.05, 0) is 30.7 Å². The second-order valence-electron chi connectivity index (χ2n) is 3.04. The van der Waals surface area contributed by atoms with Gasteiger partial charge in [0.05, 0.1) is 4.91 Å². The maximum absolute atomic E-state index is 13.5. The van der Waals surface area contributed by atoms with E-state index in [1.54, 1.807) is 25.4 Å². The average Bonchev–Trinajstić information content (AvgIpc) is 2.18. The van der Waals surface area contributed by atoms with Gasteiger partial charge in [0, 0.05) is 25.1 Å². The van der Waals surface area contributed by atoms with Crippen LogP contribution in [0.15, 0.2) is 35.3 Å². The van der Waals surface area contributed by atoms with E-state index in [0.717, 1.165) is 11.3 Å². The van der Waals surface area contributed by atoms with Crippen LogP contribution in [0.25, 0.3) is 6.08 Å². The van der Waals surface area contributed by atoms with Gasteiger partial charge in [-0.25, -0.2) is 4.39 Å². The van der Waals surface area contributed by atoms with Crippen molar-refractivity contribution in [1.29, 1.82) is 0 Å². The van der Waals surface area contributed by atoms with Crippen molar-refractivity contribution in [1.82, 2.24) is 10.3 Å². The van der Waals surface area contributed by atoms with E-state index in [2.05, 4.69) is 22.9 Å². The number of allylic oxidation sites excluding steroid dienone is 1. The molecule has 0 saturated carbocycles. The molecule has 0 saturated heterocycles. The number of hydrogen-bond donors (Lipinski definition) is 2. The van der Waals surface area contributed by atoms with Gasteiger partial charge in [0.1, 0.15) is 5.83 Å². The molecule has 4 heteroatoms. The molecule has 0 spiro atoms. The van der Waals surface area contributed by atoms with E-state index in [1.165, 1.54) is 12.3 Å². The van der Waals surface area contributed by atoms with Gasteiger partial charge in [-0.2, -0.15) is 0 Å². The van der Waals surface area contributed by atoms with Gasteiger partial charge < -0.3 is 5.32 Å². The highest BCUT2D eigenvalue weighted by molar-refractivity contribution is 7.84. The van der Waals surface area contributed by atoms with E-state index in [-0.39, 0.29) is 10.7 Å². The third kappa shape index (κ3) is 3.75. The Morgan fingerprint density at radius 3 is 2.93 bits per heavy atom. The van der Waals surface area contributed by atoms with Gasteiger partial charge in [0.15, 0.2) is 0 Å². The average molecular weight is 224 g/mol. The van der Waals surface area contributed by atoms with Crippen molar-refractivity contribution >= 4 is 18.7 Å². The lowest BCUT2D eigenvalue weighted by Gasteiger charge is -1.98. The number of aryl methyl sites for hydroxylation is 1. The molecule has 1 aromatic rings. The summed E-state index contributed by atoms with van der Waals surface area (Å²) in [5, 5.41) is 2.71. The first-order valence-corrected chi connectivity index (χ1v) is 4.95. The number of aromatic nitrogens is 1. The van der Waals surface area contributed by atoms with Crippen LogP contribution in [0.3, 0.4) is 0 Å². The zero-order valence-corrected chi connectivity index (χ0v) is 9.55. The van der Waals surface area contributed by atoms with Gasteiger partial charge in [0.25, 0.3) is 0 Å². The lowest BCUT2D eigenvalue weighted by atomic mass is 10.2. The summed E-state index contributed by atoms with van der Waals surface area (Å²) in [6.45, 7) is 1.86. The number of hydrogen-bond acceptors (Lipinski definition) is 3. The standard InChI is InChI=1S/C11H13FN2S/c1-8-5-9(3-4-14-8)6-10(12)11(15)7-13-2/h3-7,13,15H,1-2H3/b10-6-,11-7+. The molecular weight excluding hydrogens is 211 g/mol. The molecule has 1 heterocycles. The van der Waals surface area contributed by atoms with Crippen molar-refractivity contribution in [2.45, 2.75) is 6.92 Å². The predicted octanol–water partition coefficient (Wildman–Crippen LogP) is 2.69. The van der Waals surface area contributed by atoms with Gasteiger partial charge in [-0.15, -0.1) is 12.6 Å². The molecule has 2 nitrogen and oxygen atoms in total. The molecule has 0 bridgehead atoms. The van der Waals surface area contributed by atoms with Crippen LogP contribution in [-0.2, 0) is 0 Å². The van der Waals surface area contributed by atoms with Crippen molar-refractivity contribution in [2.24, 2.45) is 0 Å². The molecule has 1 aromatic heterocycles. The van der Waals surface area contributed by atoms with Crippen molar-refractivity contribution in [3.05, 3.63) is 46.5 Å². The van der Waals surface area contributed by atoms with Gasteiger partial charge in [-0.1, -0.05) is 0 Å². The summed E-state index contributed by atoms with van der Waals surface area (Å²) >= 11 is 4.00. The number of pyridine rings is 1. The second kappa shape index (κ2) is 5.56. The largest absolute Gasteiger partial charge is 0.393 e. The SMILES string of the molecule is CN/C=C(S)\C(F)=C\c1ccnc(C)c1. The van der Waals surface area contributed by atoms with E-state index in [9.17, 15) is 4.39 Å². The summed E-state index contributed by atoms with van der Waals surface area (Å²) in [4.78, 5) is 4.30. The van der Waals surface area contributed by atoms with Crippen LogP contribution in [-0.4, -0.2) is 12.0 Å². The van der Waals surface area contributed by atoms with E-state index >= 15 is 0 Å². The highest BCUT2D eigenvalue weighted by Crippen LogP contribution is 2.18.